The van der Waals surface area contributed by atoms with E-state index in [0.29, 0.717) is 12.8 Å². The van der Waals surface area contributed by atoms with Gasteiger partial charge in [-0.15, -0.1) is 5.10 Å². The summed E-state index contributed by atoms with van der Waals surface area (Å²) in [6, 6.07) is -0.820. The Morgan fingerprint density at radius 3 is 2.59 bits per heavy atom. The van der Waals surface area contributed by atoms with E-state index in [1.807, 2.05) is 0 Å². The molecule has 0 radical (unpaired) electrons. The summed E-state index contributed by atoms with van der Waals surface area (Å²) in [6.07, 6.45) is 9.07. The molecule has 174 valence electrons. The number of likely N-dealkylation sites (N-methyl/N-ethyl adjacent to an activating group) is 1. The normalized spacial score (nSPS) is 25.3. The summed E-state index contributed by atoms with van der Waals surface area (Å²) in [6.45, 7) is -0.294. The van der Waals surface area contributed by atoms with Gasteiger partial charge in [0.2, 0.25) is 5.91 Å². The van der Waals surface area contributed by atoms with E-state index in [2.05, 4.69) is 20.4 Å². The molecule has 11 nitrogen and oxygen atoms in total. The summed E-state index contributed by atoms with van der Waals surface area (Å²) in [5.74, 6) is -1.21. The number of methoxy groups -OCH3 is 1. The molecule has 2 atom stereocenters. The molecule has 0 bridgehead atoms. The van der Waals surface area contributed by atoms with Crippen molar-refractivity contribution in [2.45, 2.75) is 75.4 Å². The van der Waals surface area contributed by atoms with E-state index in [0.717, 1.165) is 49.8 Å². The van der Waals surface area contributed by atoms with Gasteiger partial charge in [-0.25, -0.2) is 14.3 Å². The fourth-order valence-electron chi connectivity index (χ4n) is 5.30. The van der Waals surface area contributed by atoms with E-state index in [-0.39, 0.29) is 36.1 Å². The maximum atomic E-state index is 13.1. The quantitative estimate of drug-likeness (QED) is 0.533. The summed E-state index contributed by atoms with van der Waals surface area (Å²) in [4.78, 5) is 53.1. The van der Waals surface area contributed by atoms with Crippen LogP contribution in [0.25, 0.3) is 0 Å². The van der Waals surface area contributed by atoms with E-state index in [4.69, 9.17) is 0 Å². The minimum absolute atomic E-state index is 0.109. The van der Waals surface area contributed by atoms with Crippen LogP contribution in [0, 0.1) is 0 Å². The number of ether oxygens (including phenoxy) is 1. The van der Waals surface area contributed by atoms with E-state index in [9.17, 15) is 19.2 Å². The molecule has 32 heavy (non-hydrogen) atoms. The molecule has 11 heteroatoms. The molecule has 1 saturated heterocycles. The van der Waals surface area contributed by atoms with Crippen LogP contribution in [-0.2, 0) is 14.3 Å². The molecule has 1 aromatic rings. The van der Waals surface area contributed by atoms with Gasteiger partial charge in [0, 0.05) is 7.05 Å². The summed E-state index contributed by atoms with van der Waals surface area (Å²) >= 11 is 0. The number of rotatable bonds is 5. The molecular formula is C21H30N6O5. The Kier molecular flexibility index (Phi) is 6.16. The van der Waals surface area contributed by atoms with Crippen LogP contribution >= 0.6 is 0 Å². The highest BCUT2D eigenvalue weighted by atomic mass is 16.5. The average Bonchev–Trinajstić information content (AvgIpc) is 3.36. The number of carbonyl (C=O) groups is 4. The lowest BCUT2D eigenvalue weighted by molar-refractivity contribution is -0.137. The van der Waals surface area contributed by atoms with Gasteiger partial charge in [-0.3, -0.25) is 14.5 Å². The molecule has 1 aliphatic heterocycles. The lowest BCUT2D eigenvalue weighted by Crippen LogP contribution is -2.50. The van der Waals surface area contributed by atoms with Crippen LogP contribution in [0.3, 0.4) is 0 Å². The number of hydrogen-bond donors (Lipinski definition) is 1. The van der Waals surface area contributed by atoms with Crippen LogP contribution < -0.4 is 5.32 Å². The molecule has 0 unspecified atom stereocenters. The number of nitrogens with zero attached hydrogens (tertiary/aromatic N) is 5. The second-order valence-electron chi connectivity index (χ2n) is 8.93. The monoisotopic (exact) mass is 446 g/mol. The van der Waals surface area contributed by atoms with Gasteiger partial charge in [0.1, 0.15) is 12.1 Å². The Morgan fingerprint density at radius 2 is 1.88 bits per heavy atom. The first-order valence-corrected chi connectivity index (χ1v) is 11.3. The lowest BCUT2D eigenvalue weighted by Gasteiger charge is -2.35. The van der Waals surface area contributed by atoms with E-state index in [1.165, 1.54) is 18.2 Å². The maximum absolute atomic E-state index is 13.1. The number of amides is 4. The molecule has 1 spiro atoms. The van der Waals surface area contributed by atoms with Crippen LogP contribution in [0.5, 0.6) is 0 Å². The van der Waals surface area contributed by atoms with E-state index >= 15 is 0 Å². The summed E-state index contributed by atoms with van der Waals surface area (Å²) in [5.41, 5.74) is -0.689. The van der Waals surface area contributed by atoms with Gasteiger partial charge in [0.05, 0.1) is 25.4 Å². The molecule has 4 rings (SSSR count). The van der Waals surface area contributed by atoms with Gasteiger partial charge in [-0.2, -0.15) is 0 Å². The SMILES string of the molecule is COC(=O)c1cn([C@H]2CCCC[C@@H]2NC(=O)CN2C(=O)N(C)C3(CCCCC3)C2=O)nn1. The Hall–Kier alpha value is -2.98. The predicted octanol–water partition coefficient (Wildman–Crippen LogP) is 1.26. The fraction of sp³-hybridized carbons (Fsp3) is 0.714. The molecule has 1 N–H and O–H groups in total. The molecular weight excluding hydrogens is 416 g/mol. The van der Waals surface area contributed by atoms with Gasteiger partial charge >= 0.3 is 12.0 Å². The molecule has 4 amide bonds. The van der Waals surface area contributed by atoms with E-state index in [1.54, 1.807) is 11.7 Å². The van der Waals surface area contributed by atoms with Crippen LogP contribution in [0.15, 0.2) is 6.20 Å². The van der Waals surface area contributed by atoms with Crippen LogP contribution in [0.1, 0.15) is 74.3 Å². The van der Waals surface area contributed by atoms with Gasteiger partial charge in [-0.1, -0.05) is 37.3 Å². The van der Waals surface area contributed by atoms with E-state index < -0.39 is 17.5 Å². The Labute approximate surface area is 186 Å². The molecule has 3 fully saturated rings. The predicted molar refractivity (Wildman–Crippen MR) is 111 cm³/mol. The van der Waals surface area contributed by atoms with Crippen molar-refractivity contribution in [3.63, 3.8) is 0 Å². The van der Waals surface area contributed by atoms with Crippen molar-refractivity contribution in [3.8, 4) is 0 Å². The zero-order chi connectivity index (χ0) is 22.9. The number of esters is 1. The van der Waals surface area contributed by atoms with Crippen LogP contribution in [-0.4, -0.2) is 80.9 Å². The van der Waals surface area contributed by atoms with Crippen molar-refractivity contribution in [2.75, 3.05) is 20.7 Å². The van der Waals surface area contributed by atoms with Crippen molar-refractivity contribution in [2.24, 2.45) is 0 Å². The number of urea groups is 1. The number of carbonyl (C=O) groups excluding carboxylic acids is 4. The Morgan fingerprint density at radius 1 is 1.16 bits per heavy atom. The van der Waals surface area contributed by atoms with Gasteiger partial charge < -0.3 is 15.0 Å². The molecule has 2 saturated carbocycles. The van der Waals surface area contributed by atoms with Gasteiger partial charge in [-0.05, 0) is 25.7 Å². The minimum atomic E-state index is -0.798. The highest BCUT2D eigenvalue weighted by molar-refractivity contribution is 6.09. The highest BCUT2D eigenvalue weighted by Gasteiger charge is 2.55. The number of imide groups is 1. The van der Waals surface area contributed by atoms with Crippen LogP contribution in [0.4, 0.5) is 4.79 Å². The Balaban J connectivity index is 1.43. The zero-order valence-electron chi connectivity index (χ0n) is 18.6. The first kappa shape index (κ1) is 22.2. The molecule has 2 aliphatic carbocycles. The fourth-order valence-corrected chi connectivity index (χ4v) is 5.30. The van der Waals surface area contributed by atoms with Crippen molar-refractivity contribution in [1.29, 1.82) is 0 Å². The van der Waals surface area contributed by atoms with Crippen LogP contribution in [0.2, 0.25) is 0 Å². The summed E-state index contributed by atoms with van der Waals surface area (Å²) in [5, 5.41) is 10.9. The molecule has 1 aromatic heterocycles. The minimum Gasteiger partial charge on any atom is -0.464 e. The van der Waals surface area contributed by atoms with Crippen molar-refractivity contribution < 1.29 is 23.9 Å². The third kappa shape index (κ3) is 3.84. The third-order valence-corrected chi connectivity index (χ3v) is 7.11. The molecule has 2 heterocycles. The third-order valence-electron chi connectivity index (χ3n) is 7.11. The zero-order valence-corrected chi connectivity index (χ0v) is 18.6. The largest absolute Gasteiger partial charge is 0.464 e. The van der Waals surface area contributed by atoms with Crippen molar-refractivity contribution >= 4 is 23.8 Å². The number of hydrogen-bond acceptors (Lipinski definition) is 7. The molecule has 3 aliphatic rings. The topological polar surface area (TPSA) is 127 Å². The maximum Gasteiger partial charge on any atom is 0.360 e. The summed E-state index contributed by atoms with van der Waals surface area (Å²) in [7, 11) is 2.94. The number of aromatic nitrogens is 3. The van der Waals surface area contributed by atoms with Crippen molar-refractivity contribution in [3.05, 3.63) is 11.9 Å². The smallest absolute Gasteiger partial charge is 0.360 e. The lowest BCUT2D eigenvalue weighted by atomic mass is 9.81. The first-order valence-electron chi connectivity index (χ1n) is 11.3. The van der Waals surface area contributed by atoms with Gasteiger partial charge in [0.25, 0.3) is 5.91 Å². The Bertz CT molecular complexity index is 908. The number of nitrogens with one attached hydrogen (secondary N) is 1. The highest BCUT2D eigenvalue weighted by Crippen LogP contribution is 2.39. The van der Waals surface area contributed by atoms with Gasteiger partial charge in [0.15, 0.2) is 5.69 Å². The second-order valence-corrected chi connectivity index (χ2v) is 8.93. The second kappa shape index (κ2) is 8.87. The summed E-state index contributed by atoms with van der Waals surface area (Å²) < 4.78 is 6.27. The average molecular weight is 447 g/mol. The molecule has 0 aromatic carbocycles. The van der Waals surface area contributed by atoms with Crippen molar-refractivity contribution in [1.82, 2.24) is 30.1 Å². The first-order chi connectivity index (χ1) is 15.4. The standard InChI is InChI=1S/C21H30N6O5/c1-25-20(31)26(19(30)21(25)10-6-3-7-11-21)13-17(28)22-14-8-4-5-9-16(14)27-12-15(23-24-27)18(29)32-2/h12,14,16H,3-11,13H2,1-2H3,(H,22,28)/t14-,16-/m0/s1.